The first-order valence-corrected chi connectivity index (χ1v) is 12.1. The molecule has 0 saturated heterocycles. The topological polar surface area (TPSA) is 177 Å². The highest BCUT2D eigenvalue weighted by atomic mass is 16.6. The summed E-state index contributed by atoms with van der Waals surface area (Å²) in [6.07, 6.45) is 3.01. The first-order chi connectivity index (χ1) is 17.8. The van der Waals surface area contributed by atoms with Gasteiger partial charge >= 0.3 is 6.09 Å². The van der Waals surface area contributed by atoms with Gasteiger partial charge in [-0.1, -0.05) is 12.1 Å². The third kappa shape index (κ3) is 10.7. The van der Waals surface area contributed by atoms with Crippen LogP contribution in [-0.2, 0) is 20.7 Å². The van der Waals surface area contributed by atoms with Crippen molar-refractivity contribution in [1.82, 2.24) is 16.0 Å². The first kappa shape index (κ1) is 29.8. The van der Waals surface area contributed by atoms with Gasteiger partial charge in [0.1, 0.15) is 11.6 Å². The summed E-state index contributed by atoms with van der Waals surface area (Å²) in [5.41, 5.74) is 0.521. The summed E-state index contributed by atoms with van der Waals surface area (Å²) in [4.78, 5) is 37.2. The molecule has 0 spiro atoms. The molecule has 0 aliphatic carbocycles. The van der Waals surface area contributed by atoms with Gasteiger partial charge in [-0.3, -0.25) is 9.59 Å². The highest BCUT2D eigenvalue weighted by molar-refractivity contribution is 5.95. The second kappa shape index (κ2) is 13.8. The third-order valence-corrected chi connectivity index (χ3v) is 5.15. The van der Waals surface area contributed by atoms with E-state index >= 15 is 0 Å². The van der Waals surface area contributed by atoms with Crippen molar-refractivity contribution in [2.24, 2.45) is 0 Å². The number of aromatic hydroxyl groups is 4. The van der Waals surface area contributed by atoms with Crippen molar-refractivity contribution in [2.45, 2.75) is 51.7 Å². The average Bonchev–Trinajstić information content (AvgIpc) is 2.82. The van der Waals surface area contributed by atoms with Crippen molar-refractivity contribution in [2.75, 3.05) is 13.1 Å². The molecule has 0 unspecified atom stereocenters. The van der Waals surface area contributed by atoms with E-state index in [0.717, 1.165) is 0 Å². The Hall–Kier alpha value is -4.41. The zero-order valence-corrected chi connectivity index (χ0v) is 21.7. The molecule has 0 radical (unpaired) electrons. The number of phenolic OH excluding ortho intramolecular Hbond substituents is 4. The van der Waals surface area contributed by atoms with Crippen LogP contribution in [0.25, 0.3) is 6.08 Å². The molecule has 11 heteroatoms. The predicted molar refractivity (Wildman–Crippen MR) is 141 cm³/mol. The van der Waals surface area contributed by atoms with Gasteiger partial charge in [-0.25, -0.2) is 4.79 Å². The fourth-order valence-electron chi connectivity index (χ4n) is 3.29. The van der Waals surface area contributed by atoms with Gasteiger partial charge in [0.15, 0.2) is 23.0 Å². The smallest absolute Gasteiger partial charge is 0.407 e. The van der Waals surface area contributed by atoms with E-state index in [0.29, 0.717) is 24.0 Å². The van der Waals surface area contributed by atoms with Gasteiger partial charge in [-0.05, 0) is 81.5 Å². The Kier molecular flexibility index (Phi) is 10.8. The first-order valence-electron chi connectivity index (χ1n) is 12.1. The number of carbonyl (C=O) groups excluding carboxylic acids is 3. The quantitative estimate of drug-likeness (QED) is 0.132. The number of nitrogens with one attached hydrogen (secondary N) is 3. The number of alkyl carbamates (subject to hydrolysis) is 1. The van der Waals surface area contributed by atoms with E-state index in [4.69, 9.17) is 4.74 Å². The molecule has 0 aliphatic heterocycles. The maximum atomic E-state index is 12.8. The van der Waals surface area contributed by atoms with Crippen LogP contribution in [0.15, 0.2) is 42.5 Å². The Morgan fingerprint density at radius 2 is 1.55 bits per heavy atom. The van der Waals surface area contributed by atoms with Gasteiger partial charge in [0.25, 0.3) is 0 Å². The Labute approximate surface area is 221 Å². The number of benzene rings is 2. The van der Waals surface area contributed by atoms with E-state index in [2.05, 4.69) is 16.0 Å². The van der Waals surface area contributed by atoms with Gasteiger partial charge in [-0.15, -0.1) is 0 Å². The minimum Gasteiger partial charge on any atom is -0.504 e. The van der Waals surface area contributed by atoms with E-state index in [1.165, 1.54) is 42.5 Å². The lowest BCUT2D eigenvalue weighted by Gasteiger charge is -2.20. The van der Waals surface area contributed by atoms with Crippen molar-refractivity contribution in [3.8, 4) is 23.0 Å². The zero-order chi connectivity index (χ0) is 28.3. The standard InChI is InChI=1S/C27H35N3O8/c1-27(2,3)38-26(37)29-13-4-5-19(25(36)28-14-12-18-7-10-21(32)23(34)16-18)30-24(35)11-8-17-6-9-20(31)22(33)15-17/h6-11,15-16,19,31-34H,4-5,12-14H2,1-3H3,(H,28,36)(H,29,37)(H,30,35)/b11-8+/t19-/m0/s1. The van der Waals surface area contributed by atoms with Gasteiger partial charge in [0.2, 0.25) is 11.8 Å². The van der Waals surface area contributed by atoms with E-state index in [1.807, 2.05) is 0 Å². The molecule has 1 atom stereocenters. The van der Waals surface area contributed by atoms with Gasteiger partial charge < -0.3 is 41.1 Å². The Bertz CT molecular complexity index is 1160. The van der Waals surface area contributed by atoms with Crippen molar-refractivity contribution in [3.63, 3.8) is 0 Å². The minimum atomic E-state index is -0.908. The molecule has 0 aromatic heterocycles. The van der Waals surface area contributed by atoms with Crippen molar-refractivity contribution in [1.29, 1.82) is 0 Å². The number of ether oxygens (including phenoxy) is 1. The Morgan fingerprint density at radius 1 is 0.895 bits per heavy atom. The SMILES string of the molecule is CC(C)(C)OC(=O)NCCC[C@H](NC(=O)/C=C/c1ccc(O)c(O)c1)C(=O)NCCc1ccc(O)c(O)c1. The highest BCUT2D eigenvalue weighted by Gasteiger charge is 2.20. The van der Waals surface area contributed by atoms with E-state index in [1.54, 1.807) is 26.8 Å². The largest absolute Gasteiger partial charge is 0.504 e. The summed E-state index contributed by atoms with van der Waals surface area (Å²) in [6.45, 7) is 5.68. The lowest BCUT2D eigenvalue weighted by Crippen LogP contribution is -2.47. The van der Waals surface area contributed by atoms with Crippen LogP contribution in [0.4, 0.5) is 4.79 Å². The number of amides is 3. The summed E-state index contributed by atoms with van der Waals surface area (Å²) in [7, 11) is 0. The van der Waals surface area contributed by atoms with Gasteiger partial charge in [0.05, 0.1) is 0 Å². The maximum absolute atomic E-state index is 12.8. The molecular formula is C27H35N3O8. The molecule has 0 saturated carbocycles. The van der Waals surface area contributed by atoms with E-state index < -0.39 is 29.6 Å². The number of hydrogen-bond acceptors (Lipinski definition) is 8. The van der Waals surface area contributed by atoms with Gasteiger partial charge in [0, 0.05) is 19.2 Å². The van der Waals surface area contributed by atoms with Crippen LogP contribution in [0.3, 0.4) is 0 Å². The van der Waals surface area contributed by atoms with Crippen molar-refractivity contribution >= 4 is 24.0 Å². The second-order valence-electron chi connectivity index (χ2n) is 9.58. The molecule has 3 amide bonds. The minimum absolute atomic E-state index is 0.216. The molecule has 2 aromatic rings. The average molecular weight is 530 g/mol. The van der Waals surface area contributed by atoms with Crippen LogP contribution in [0.1, 0.15) is 44.7 Å². The van der Waals surface area contributed by atoms with Crippen LogP contribution >= 0.6 is 0 Å². The van der Waals surface area contributed by atoms with Gasteiger partial charge in [-0.2, -0.15) is 0 Å². The van der Waals surface area contributed by atoms with Crippen LogP contribution in [0.2, 0.25) is 0 Å². The Morgan fingerprint density at radius 3 is 2.18 bits per heavy atom. The van der Waals surface area contributed by atoms with Crippen LogP contribution in [0.5, 0.6) is 23.0 Å². The maximum Gasteiger partial charge on any atom is 0.407 e. The molecule has 2 rings (SSSR count). The monoisotopic (exact) mass is 529 g/mol. The number of rotatable bonds is 11. The fourth-order valence-corrected chi connectivity index (χ4v) is 3.29. The van der Waals surface area contributed by atoms with E-state index in [9.17, 15) is 34.8 Å². The predicted octanol–water partition coefficient (Wildman–Crippen LogP) is 2.67. The molecule has 2 aromatic carbocycles. The molecular weight excluding hydrogens is 494 g/mol. The lowest BCUT2D eigenvalue weighted by molar-refractivity contribution is -0.127. The number of hydrogen-bond donors (Lipinski definition) is 7. The lowest BCUT2D eigenvalue weighted by atomic mass is 10.1. The molecule has 0 bridgehead atoms. The summed E-state index contributed by atoms with van der Waals surface area (Å²) >= 11 is 0. The van der Waals surface area contributed by atoms with E-state index in [-0.39, 0.29) is 42.5 Å². The van der Waals surface area contributed by atoms with Crippen LogP contribution in [-0.4, -0.2) is 63.1 Å². The van der Waals surface area contributed by atoms with Crippen LogP contribution in [0, 0.1) is 0 Å². The molecule has 0 aliphatic rings. The molecule has 206 valence electrons. The Balaban J connectivity index is 1.96. The summed E-state index contributed by atoms with van der Waals surface area (Å²) in [5.74, 6) is -2.10. The van der Waals surface area contributed by atoms with Crippen molar-refractivity contribution < 1.29 is 39.5 Å². The van der Waals surface area contributed by atoms with Crippen LogP contribution < -0.4 is 16.0 Å². The summed E-state index contributed by atoms with van der Waals surface area (Å²) in [6, 6.07) is 7.54. The summed E-state index contributed by atoms with van der Waals surface area (Å²) < 4.78 is 5.18. The number of phenols is 4. The van der Waals surface area contributed by atoms with Crippen molar-refractivity contribution in [3.05, 3.63) is 53.6 Å². The highest BCUT2D eigenvalue weighted by Crippen LogP contribution is 2.26. The zero-order valence-electron chi connectivity index (χ0n) is 21.7. The third-order valence-electron chi connectivity index (χ3n) is 5.15. The molecule has 0 fully saturated rings. The summed E-state index contributed by atoms with van der Waals surface area (Å²) in [5, 5.41) is 46.0. The fraction of sp³-hybridized carbons (Fsp3) is 0.370. The normalized spacial score (nSPS) is 12.1. The molecule has 7 N–H and O–H groups in total. The molecule has 0 heterocycles. The molecule has 11 nitrogen and oxygen atoms in total. The number of carbonyl (C=O) groups is 3. The second-order valence-corrected chi connectivity index (χ2v) is 9.58. The molecule has 38 heavy (non-hydrogen) atoms.